The molecule has 0 aromatic carbocycles. The van der Waals surface area contributed by atoms with Crippen molar-refractivity contribution in [2.45, 2.75) is 46.7 Å². The molecule has 2 N–H and O–H groups in total. The summed E-state index contributed by atoms with van der Waals surface area (Å²) >= 11 is 0. The topological polar surface area (TPSA) is 41.1 Å². The van der Waals surface area contributed by atoms with E-state index in [9.17, 15) is 4.79 Å². The zero-order valence-corrected chi connectivity index (χ0v) is 11.1. The lowest BCUT2D eigenvalue weighted by Crippen LogP contribution is -2.44. The number of nitrogens with one attached hydrogen (secondary N) is 2. The standard InChI is InChI=1S/C13H24N2O/c1-7-8-14-10(16)9(2)15-11-12(3,4)13(11,5)6/h7,9,11,15H,1,8H2,2-6H3,(H,14,16). The molecule has 3 heteroatoms. The first kappa shape index (κ1) is 13.2. The van der Waals surface area contributed by atoms with Gasteiger partial charge in [-0.3, -0.25) is 4.79 Å². The van der Waals surface area contributed by atoms with E-state index in [0.717, 1.165) is 0 Å². The Morgan fingerprint density at radius 2 is 1.88 bits per heavy atom. The lowest BCUT2D eigenvalue weighted by molar-refractivity contribution is -0.122. The molecule has 0 saturated heterocycles. The first-order valence-corrected chi connectivity index (χ1v) is 5.89. The average molecular weight is 224 g/mol. The van der Waals surface area contributed by atoms with Gasteiger partial charge in [0.05, 0.1) is 6.04 Å². The molecule has 16 heavy (non-hydrogen) atoms. The Labute approximate surface area is 98.7 Å². The van der Waals surface area contributed by atoms with Crippen LogP contribution in [0.1, 0.15) is 34.6 Å². The Morgan fingerprint density at radius 1 is 1.38 bits per heavy atom. The highest BCUT2D eigenvalue weighted by molar-refractivity contribution is 5.81. The Hall–Kier alpha value is -0.830. The molecule has 92 valence electrons. The fourth-order valence-electron chi connectivity index (χ4n) is 2.26. The summed E-state index contributed by atoms with van der Waals surface area (Å²) in [6.45, 7) is 15.0. The van der Waals surface area contributed by atoms with Crippen molar-refractivity contribution >= 4 is 5.91 Å². The third-order valence-corrected chi connectivity index (χ3v) is 4.25. The van der Waals surface area contributed by atoms with Crippen LogP contribution in [-0.4, -0.2) is 24.5 Å². The van der Waals surface area contributed by atoms with Gasteiger partial charge in [0, 0.05) is 12.6 Å². The number of amides is 1. The van der Waals surface area contributed by atoms with Crippen LogP contribution < -0.4 is 10.6 Å². The van der Waals surface area contributed by atoms with Gasteiger partial charge in [0.1, 0.15) is 0 Å². The maximum Gasteiger partial charge on any atom is 0.237 e. The summed E-state index contributed by atoms with van der Waals surface area (Å²) < 4.78 is 0. The number of hydrogen-bond donors (Lipinski definition) is 2. The van der Waals surface area contributed by atoms with Gasteiger partial charge in [-0.2, -0.15) is 0 Å². The van der Waals surface area contributed by atoms with Crippen LogP contribution in [0, 0.1) is 10.8 Å². The van der Waals surface area contributed by atoms with Gasteiger partial charge < -0.3 is 10.6 Å². The molecule has 0 aromatic heterocycles. The van der Waals surface area contributed by atoms with Gasteiger partial charge in [-0.05, 0) is 17.8 Å². The first-order chi connectivity index (χ1) is 7.25. The average Bonchev–Trinajstić information content (AvgIpc) is 2.57. The molecule has 1 rings (SSSR count). The highest BCUT2D eigenvalue weighted by Crippen LogP contribution is 2.62. The van der Waals surface area contributed by atoms with E-state index < -0.39 is 0 Å². The molecule has 1 aliphatic rings. The van der Waals surface area contributed by atoms with Crippen LogP contribution in [0.25, 0.3) is 0 Å². The Bertz CT molecular complexity index is 280. The van der Waals surface area contributed by atoms with Crippen molar-refractivity contribution in [2.75, 3.05) is 6.54 Å². The van der Waals surface area contributed by atoms with Crippen LogP contribution in [0.2, 0.25) is 0 Å². The molecule has 1 atom stereocenters. The molecule has 0 aliphatic heterocycles. The molecule has 1 unspecified atom stereocenters. The summed E-state index contributed by atoms with van der Waals surface area (Å²) in [6.07, 6.45) is 1.69. The number of rotatable bonds is 5. The smallest absolute Gasteiger partial charge is 0.237 e. The van der Waals surface area contributed by atoms with Crippen LogP contribution in [0.15, 0.2) is 12.7 Å². The summed E-state index contributed by atoms with van der Waals surface area (Å²) in [5.41, 5.74) is 0.528. The molecule has 0 spiro atoms. The molecule has 1 fully saturated rings. The minimum absolute atomic E-state index is 0.0402. The molecular weight excluding hydrogens is 200 g/mol. The third kappa shape index (κ3) is 2.14. The minimum Gasteiger partial charge on any atom is -0.351 e. The van der Waals surface area contributed by atoms with Crippen LogP contribution in [0.4, 0.5) is 0 Å². The van der Waals surface area contributed by atoms with E-state index in [2.05, 4.69) is 44.9 Å². The van der Waals surface area contributed by atoms with Crippen LogP contribution in [0.5, 0.6) is 0 Å². The maximum atomic E-state index is 11.7. The van der Waals surface area contributed by atoms with Crippen molar-refractivity contribution in [1.29, 1.82) is 0 Å². The van der Waals surface area contributed by atoms with Gasteiger partial charge in [0.25, 0.3) is 0 Å². The van der Waals surface area contributed by atoms with E-state index in [1.165, 1.54) is 0 Å². The molecule has 3 nitrogen and oxygen atoms in total. The van der Waals surface area contributed by atoms with Crippen molar-refractivity contribution in [3.8, 4) is 0 Å². The lowest BCUT2D eigenvalue weighted by Gasteiger charge is -2.14. The predicted molar refractivity (Wildman–Crippen MR) is 67.2 cm³/mol. The molecule has 1 aliphatic carbocycles. The van der Waals surface area contributed by atoms with Gasteiger partial charge in [-0.25, -0.2) is 0 Å². The summed E-state index contributed by atoms with van der Waals surface area (Å²) in [5.74, 6) is 0.0402. The summed E-state index contributed by atoms with van der Waals surface area (Å²) in [7, 11) is 0. The Kier molecular flexibility index (Phi) is 3.48. The Morgan fingerprint density at radius 3 is 2.25 bits per heavy atom. The molecule has 0 heterocycles. The van der Waals surface area contributed by atoms with Gasteiger partial charge in [0.2, 0.25) is 5.91 Å². The van der Waals surface area contributed by atoms with Gasteiger partial charge in [-0.15, -0.1) is 6.58 Å². The second kappa shape index (κ2) is 4.21. The minimum atomic E-state index is -0.147. The number of carbonyl (C=O) groups excluding carboxylic acids is 1. The molecule has 0 radical (unpaired) electrons. The summed E-state index contributed by atoms with van der Waals surface area (Å²) in [5, 5.41) is 6.20. The molecule has 1 amide bonds. The molecule has 0 aromatic rings. The van der Waals surface area contributed by atoms with Crippen LogP contribution in [0.3, 0.4) is 0 Å². The highest BCUT2D eigenvalue weighted by Gasteiger charge is 2.64. The van der Waals surface area contributed by atoms with Crippen LogP contribution >= 0.6 is 0 Å². The fraction of sp³-hybridized carbons (Fsp3) is 0.769. The van der Waals surface area contributed by atoms with Crippen molar-refractivity contribution < 1.29 is 4.79 Å². The van der Waals surface area contributed by atoms with Gasteiger partial charge in [0.15, 0.2) is 0 Å². The van der Waals surface area contributed by atoms with E-state index in [0.29, 0.717) is 12.6 Å². The first-order valence-electron chi connectivity index (χ1n) is 5.89. The van der Waals surface area contributed by atoms with E-state index >= 15 is 0 Å². The van der Waals surface area contributed by atoms with Crippen molar-refractivity contribution in [1.82, 2.24) is 10.6 Å². The van der Waals surface area contributed by atoms with E-state index in [1.807, 2.05) is 6.92 Å². The van der Waals surface area contributed by atoms with Crippen molar-refractivity contribution in [3.05, 3.63) is 12.7 Å². The molecule has 1 saturated carbocycles. The van der Waals surface area contributed by atoms with E-state index in [-0.39, 0.29) is 22.8 Å². The second-order valence-corrected chi connectivity index (χ2v) is 5.80. The normalized spacial score (nSPS) is 23.6. The zero-order valence-electron chi connectivity index (χ0n) is 11.1. The highest BCUT2D eigenvalue weighted by atomic mass is 16.2. The summed E-state index contributed by atoms with van der Waals surface area (Å²) in [4.78, 5) is 11.7. The van der Waals surface area contributed by atoms with Gasteiger partial charge >= 0.3 is 0 Å². The number of carbonyl (C=O) groups is 1. The van der Waals surface area contributed by atoms with E-state index in [4.69, 9.17) is 0 Å². The molecule has 0 bridgehead atoms. The quantitative estimate of drug-likeness (QED) is 0.698. The predicted octanol–water partition coefficient (Wildman–Crippen LogP) is 1.70. The maximum absolute atomic E-state index is 11.7. The van der Waals surface area contributed by atoms with Crippen molar-refractivity contribution in [2.24, 2.45) is 10.8 Å². The van der Waals surface area contributed by atoms with Crippen molar-refractivity contribution in [3.63, 3.8) is 0 Å². The fourth-order valence-corrected chi connectivity index (χ4v) is 2.26. The lowest BCUT2D eigenvalue weighted by atomic mass is 10.0. The second-order valence-electron chi connectivity index (χ2n) is 5.80. The number of hydrogen-bond acceptors (Lipinski definition) is 2. The zero-order chi connectivity index (χ0) is 12.6. The monoisotopic (exact) mass is 224 g/mol. The largest absolute Gasteiger partial charge is 0.351 e. The SMILES string of the molecule is C=CCNC(=O)C(C)NC1C(C)(C)C1(C)C. The Balaban J connectivity index is 2.45. The molecular formula is C13H24N2O. The van der Waals surface area contributed by atoms with Crippen LogP contribution in [-0.2, 0) is 4.79 Å². The summed E-state index contributed by atoms with van der Waals surface area (Å²) in [6, 6.07) is 0.260. The van der Waals surface area contributed by atoms with E-state index in [1.54, 1.807) is 6.08 Å². The van der Waals surface area contributed by atoms with Gasteiger partial charge in [-0.1, -0.05) is 33.8 Å². The third-order valence-electron chi connectivity index (χ3n) is 4.25.